The summed E-state index contributed by atoms with van der Waals surface area (Å²) in [4.78, 5) is 76.6. The summed E-state index contributed by atoms with van der Waals surface area (Å²) in [6.07, 6.45) is 2.01. The van der Waals surface area contributed by atoms with Crippen molar-refractivity contribution in [1.82, 2.24) is 35.7 Å². The van der Waals surface area contributed by atoms with Gasteiger partial charge in [-0.1, -0.05) is 44.2 Å². The van der Waals surface area contributed by atoms with Gasteiger partial charge in [0.15, 0.2) is 5.69 Å². The van der Waals surface area contributed by atoms with E-state index in [9.17, 15) is 24.0 Å². The molecule has 0 saturated heterocycles. The molecule has 1 aromatic carbocycles. The summed E-state index contributed by atoms with van der Waals surface area (Å²) in [5.74, 6) is -1.71. The Labute approximate surface area is 265 Å². The predicted octanol–water partition coefficient (Wildman–Crippen LogP) is 2.49. The monoisotopic (exact) mass is 637 g/mol. The fourth-order valence-corrected chi connectivity index (χ4v) is 5.64. The molecule has 4 bridgehead atoms. The zero-order valence-electron chi connectivity index (χ0n) is 25.9. The molecule has 1 aliphatic rings. The standard InChI is InChI=1S/C31H39N7O6S/c1-19(2)14-22-31-36-24(18-45-31)28(42)32-12-13-38(27(41)11-10-26(40)37(3)4)16-25(39)33-21(15-20-8-6-5-7-9-20)30-35-23(17-44-30)29(43)34-22/h5-9,17-19,21-22H,10-16H2,1-4H3,(H,32,42)(H,33,39)(H,34,43)/t21-,22-/m0/s1. The Morgan fingerprint density at radius 2 is 1.78 bits per heavy atom. The lowest BCUT2D eigenvalue weighted by atomic mass is 10.0. The van der Waals surface area contributed by atoms with Gasteiger partial charge in [0, 0.05) is 51.8 Å². The molecule has 5 amide bonds. The fourth-order valence-electron chi connectivity index (χ4n) is 4.77. The highest BCUT2D eigenvalue weighted by atomic mass is 32.1. The minimum atomic E-state index is -0.750. The van der Waals surface area contributed by atoms with Gasteiger partial charge in [0.1, 0.15) is 23.0 Å². The first-order valence-electron chi connectivity index (χ1n) is 14.8. The van der Waals surface area contributed by atoms with Crippen LogP contribution in [0.25, 0.3) is 0 Å². The Bertz CT molecular complexity index is 1500. The number of fused-ring (bicyclic) bond motifs is 4. The summed E-state index contributed by atoms with van der Waals surface area (Å²) in [5.41, 5.74) is 1.10. The third-order valence-electron chi connectivity index (χ3n) is 7.14. The van der Waals surface area contributed by atoms with Gasteiger partial charge in [0.05, 0.1) is 12.6 Å². The van der Waals surface area contributed by atoms with Crippen LogP contribution in [0.1, 0.15) is 82.6 Å². The van der Waals surface area contributed by atoms with Crippen molar-refractivity contribution < 1.29 is 28.4 Å². The first-order valence-corrected chi connectivity index (χ1v) is 15.7. The summed E-state index contributed by atoms with van der Waals surface area (Å²) in [6.45, 7) is 3.79. The largest absolute Gasteiger partial charge is 0.446 e. The van der Waals surface area contributed by atoms with Crippen molar-refractivity contribution in [1.29, 1.82) is 0 Å². The van der Waals surface area contributed by atoms with Gasteiger partial charge in [0.25, 0.3) is 11.8 Å². The Morgan fingerprint density at radius 1 is 1.02 bits per heavy atom. The molecular formula is C31H39N7O6S. The quantitative estimate of drug-likeness (QED) is 0.355. The zero-order valence-corrected chi connectivity index (χ0v) is 26.7. The van der Waals surface area contributed by atoms with Crippen molar-refractivity contribution in [3.05, 3.63) is 69.8 Å². The summed E-state index contributed by atoms with van der Waals surface area (Å²) in [6, 6.07) is 8.19. The molecule has 240 valence electrons. The molecule has 0 fully saturated rings. The molecule has 2 atom stereocenters. The van der Waals surface area contributed by atoms with Crippen LogP contribution >= 0.6 is 11.3 Å². The highest BCUT2D eigenvalue weighted by Crippen LogP contribution is 2.26. The number of hydrogen-bond donors (Lipinski definition) is 3. The molecule has 3 aromatic rings. The summed E-state index contributed by atoms with van der Waals surface area (Å²) in [7, 11) is 3.21. The molecule has 0 saturated carbocycles. The zero-order chi connectivity index (χ0) is 32.5. The molecule has 1 aliphatic heterocycles. The number of hydrogen-bond acceptors (Lipinski definition) is 9. The number of carbonyl (C=O) groups excluding carboxylic acids is 5. The lowest BCUT2D eigenvalue weighted by Crippen LogP contribution is -2.45. The highest BCUT2D eigenvalue weighted by Gasteiger charge is 2.28. The molecule has 0 spiro atoms. The molecule has 14 heteroatoms. The number of nitrogens with one attached hydrogen (secondary N) is 3. The number of thiazole rings is 1. The topological polar surface area (TPSA) is 167 Å². The molecule has 0 unspecified atom stereocenters. The van der Waals surface area contributed by atoms with Gasteiger partial charge < -0.3 is 30.2 Å². The Hall–Kier alpha value is -4.59. The van der Waals surface area contributed by atoms with E-state index in [-0.39, 0.29) is 61.6 Å². The number of aromatic nitrogens is 2. The highest BCUT2D eigenvalue weighted by molar-refractivity contribution is 7.09. The Kier molecular flexibility index (Phi) is 11.4. The van der Waals surface area contributed by atoms with Crippen LogP contribution in [0.2, 0.25) is 0 Å². The average molecular weight is 638 g/mol. The maximum atomic E-state index is 13.4. The number of amides is 5. The third-order valence-corrected chi connectivity index (χ3v) is 8.10. The predicted molar refractivity (Wildman–Crippen MR) is 166 cm³/mol. The maximum absolute atomic E-state index is 13.4. The molecule has 3 N–H and O–H groups in total. The number of benzene rings is 1. The van der Waals surface area contributed by atoms with Crippen LogP contribution in [0.3, 0.4) is 0 Å². The van der Waals surface area contributed by atoms with Crippen molar-refractivity contribution >= 4 is 40.9 Å². The van der Waals surface area contributed by atoms with Gasteiger partial charge in [-0.05, 0) is 17.9 Å². The van der Waals surface area contributed by atoms with E-state index < -0.39 is 35.7 Å². The molecule has 2 aromatic heterocycles. The lowest BCUT2D eigenvalue weighted by molar-refractivity contribution is -0.138. The second-order valence-corrected chi connectivity index (χ2v) is 12.4. The molecule has 13 nitrogen and oxygen atoms in total. The van der Waals surface area contributed by atoms with Gasteiger partial charge >= 0.3 is 0 Å². The second kappa shape index (κ2) is 15.4. The summed E-state index contributed by atoms with van der Waals surface area (Å²) in [5, 5.41) is 10.8. The molecule has 45 heavy (non-hydrogen) atoms. The van der Waals surface area contributed by atoms with Crippen LogP contribution in [0.4, 0.5) is 0 Å². The Balaban J connectivity index is 1.65. The van der Waals surface area contributed by atoms with Crippen LogP contribution in [-0.2, 0) is 20.8 Å². The summed E-state index contributed by atoms with van der Waals surface area (Å²) >= 11 is 1.26. The molecule has 0 aliphatic carbocycles. The lowest BCUT2D eigenvalue weighted by Gasteiger charge is -2.24. The second-order valence-electron chi connectivity index (χ2n) is 11.5. The van der Waals surface area contributed by atoms with E-state index in [0.717, 1.165) is 5.56 Å². The van der Waals surface area contributed by atoms with Crippen LogP contribution in [0.15, 0.2) is 46.4 Å². The molecule has 4 rings (SSSR count). The van der Waals surface area contributed by atoms with Crippen LogP contribution in [0.5, 0.6) is 0 Å². The summed E-state index contributed by atoms with van der Waals surface area (Å²) < 4.78 is 5.73. The van der Waals surface area contributed by atoms with E-state index in [1.807, 2.05) is 44.2 Å². The van der Waals surface area contributed by atoms with E-state index in [0.29, 0.717) is 17.8 Å². The SMILES string of the molecule is CC(C)C[C@@H]1NC(=O)c2coc(n2)[C@H](Cc2ccccc2)NC(=O)CN(C(=O)CCC(=O)N(C)C)CCNC(=O)c2csc1n2. The van der Waals surface area contributed by atoms with E-state index >= 15 is 0 Å². The van der Waals surface area contributed by atoms with Gasteiger partial charge in [-0.25, -0.2) is 9.97 Å². The molecular weight excluding hydrogens is 598 g/mol. The van der Waals surface area contributed by atoms with Crippen LogP contribution < -0.4 is 16.0 Å². The number of oxazole rings is 1. The number of nitrogens with zero attached hydrogens (tertiary/aromatic N) is 4. The number of rotatable bonds is 7. The van der Waals surface area contributed by atoms with Gasteiger partial charge in [0.2, 0.25) is 23.6 Å². The van der Waals surface area contributed by atoms with E-state index in [4.69, 9.17) is 4.42 Å². The molecule has 3 heterocycles. The average Bonchev–Trinajstić information content (AvgIpc) is 3.69. The van der Waals surface area contributed by atoms with E-state index in [1.54, 1.807) is 19.5 Å². The van der Waals surface area contributed by atoms with Crippen molar-refractivity contribution in [2.75, 3.05) is 33.7 Å². The minimum absolute atomic E-state index is 0.0206. The molecule has 0 radical (unpaired) electrons. The van der Waals surface area contributed by atoms with E-state index in [2.05, 4.69) is 25.9 Å². The minimum Gasteiger partial charge on any atom is -0.446 e. The normalized spacial score (nSPS) is 18.0. The van der Waals surface area contributed by atoms with Gasteiger partial charge in [-0.3, -0.25) is 24.0 Å². The van der Waals surface area contributed by atoms with Gasteiger partial charge in [-0.2, -0.15) is 0 Å². The smallest absolute Gasteiger partial charge is 0.273 e. The van der Waals surface area contributed by atoms with Crippen molar-refractivity contribution in [2.45, 2.75) is 51.6 Å². The van der Waals surface area contributed by atoms with Crippen LogP contribution in [0, 0.1) is 5.92 Å². The maximum Gasteiger partial charge on any atom is 0.273 e. The van der Waals surface area contributed by atoms with Crippen molar-refractivity contribution in [2.24, 2.45) is 5.92 Å². The van der Waals surface area contributed by atoms with E-state index in [1.165, 1.54) is 27.4 Å². The van der Waals surface area contributed by atoms with Crippen molar-refractivity contribution in [3.8, 4) is 0 Å². The number of carbonyl (C=O) groups is 5. The third kappa shape index (κ3) is 9.45. The van der Waals surface area contributed by atoms with Crippen LogP contribution in [-0.4, -0.2) is 83.0 Å². The van der Waals surface area contributed by atoms with Gasteiger partial charge in [-0.15, -0.1) is 11.3 Å². The Morgan fingerprint density at radius 3 is 2.49 bits per heavy atom. The fraction of sp³-hybridized carbons (Fsp3) is 0.452. The first-order chi connectivity index (χ1) is 21.5. The van der Waals surface area contributed by atoms with Crippen molar-refractivity contribution in [3.63, 3.8) is 0 Å². The first kappa shape index (κ1) is 33.3.